The highest BCUT2D eigenvalue weighted by molar-refractivity contribution is 7.13. The molecule has 0 saturated heterocycles. The van der Waals surface area contributed by atoms with Gasteiger partial charge in [-0.2, -0.15) is 0 Å². The van der Waals surface area contributed by atoms with E-state index in [1.165, 1.54) is 11.3 Å². The predicted octanol–water partition coefficient (Wildman–Crippen LogP) is 3.45. The van der Waals surface area contributed by atoms with Crippen LogP contribution >= 0.6 is 11.3 Å². The van der Waals surface area contributed by atoms with Gasteiger partial charge in [-0.25, -0.2) is 4.98 Å². The predicted molar refractivity (Wildman–Crippen MR) is 70.0 cm³/mol. The number of thiazole rings is 1. The normalized spacial score (nSPS) is 10.6. The molecule has 17 heavy (non-hydrogen) atoms. The summed E-state index contributed by atoms with van der Waals surface area (Å²) in [6, 6.07) is 2.01. The second kappa shape index (κ2) is 4.37. The fourth-order valence-corrected chi connectivity index (χ4v) is 2.81. The van der Waals surface area contributed by atoms with Crippen LogP contribution < -0.4 is 4.74 Å². The van der Waals surface area contributed by atoms with E-state index in [2.05, 4.69) is 11.9 Å². The maximum atomic E-state index is 9.34. The molecule has 4 heteroatoms. The van der Waals surface area contributed by atoms with Crippen LogP contribution in [0.25, 0.3) is 10.6 Å². The second-order valence-corrected chi connectivity index (χ2v) is 4.89. The molecule has 0 bridgehead atoms. The molecule has 0 aliphatic heterocycles. The molecule has 0 spiro atoms. The summed E-state index contributed by atoms with van der Waals surface area (Å²) in [6.07, 6.45) is 0. The lowest BCUT2D eigenvalue weighted by Crippen LogP contribution is -1.96. The van der Waals surface area contributed by atoms with Crippen LogP contribution in [-0.2, 0) is 0 Å². The Morgan fingerprint density at radius 1 is 1.24 bits per heavy atom. The summed E-state index contributed by atoms with van der Waals surface area (Å²) < 4.78 is 5.34. The average Bonchev–Trinajstić information content (AvgIpc) is 2.70. The van der Waals surface area contributed by atoms with Crippen molar-refractivity contribution in [3.63, 3.8) is 0 Å². The van der Waals surface area contributed by atoms with Crippen molar-refractivity contribution >= 4 is 11.3 Å². The van der Waals surface area contributed by atoms with Gasteiger partial charge in [-0.3, -0.25) is 0 Å². The van der Waals surface area contributed by atoms with Gasteiger partial charge in [0.25, 0.3) is 0 Å². The molecule has 0 unspecified atom stereocenters. The first-order valence-corrected chi connectivity index (χ1v) is 6.22. The minimum atomic E-state index is 0.0808. The van der Waals surface area contributed by atoms with Crippen LogP contribution in [0.1, 0.15) is 16.7 Å². The van der Waals surface area contributed by atoms with Gasteiger partial charge in [-0.05, 0) is 43.5 Å². The van der Waals surface area contributed by atoms with Crippen molar-refractivity contribution in [2.24, 2.45) is 0 Å². The molecule has 2 rings (SSSR count). The van der Waals surface area contributed by atoms with Crippen molar-refractivity contribution in [2.75, 3.05) is 7.11 Å². The number of aromatic hydroxyl groups is 1. The Morgan fingerprint density at radius 3 is 2.47 bits per heavy atom. The van der Waals surface area contributed by atoms with E-state index in [9.17, 15) is 5.11 Å². The zero-order chi connectivity index (χ0) is 12.6. The molecule has 0 fully saturated rings. The molecule has 1 aromatic carbocycles. The fraction of sp³-hybridized carbons (Fsp3) is 0.308. The third kappa shape index (κ3) is 2.00. The van der Waals surface area contributed by atoms with Crippen LogP contribution in [0.5, 0.6) is 11.6 Å². The number of ether oxygens (including phenoxy) is 1. The van der Waals surface area contributed by atoms with Gasteiger partial charge >= 0.3 is 0 Å². The maximum Gasteiger partial charge on any atom is 0.222 e. The van der Waals surface area contributed by atoms with Crippen LogP contribution in [0.15, 0.2) is 11.4 Å². The van der Waals surface area contributed by atoms with E-state index in [0.29, 0.717) is 0 Å². The number of nitrogens with zero attached hydrogens (tertiary/aromatic N) is 1. The smallest absolute Gasteiger partial charge is 0.222 e. The van der Waals surface area contributed by atoms with Crippen LogP contribution in [0.2, 0.25) is 0 Å². The summed E-state index contributed by atoms with van der Waals surface area (Å²) in [5, 5.41) is 11.8. The van der Waals surface area contributed by atoms with Gasteiger partial charge in [0.15, 0.2) is 0 Å². The van der Waals surface area contributed by atoms with Crippen molar-refractivity contribution in [2.45, 2.75) is 20.8 Å². The minimum Gasteiger partial charge on any atom is -0.496 e. The molecular formula is C13H15NO2S. The number of hydrogen-bond donors (Lipinski definition) is 1. The fourth-order valence-electron chi connectivity index (χ4n) is 1.97. The van der Waals surface area contributed by atoms with Gasteiger partial charge in [0.1, 0.15) is 10.8 Å². The molecule has 90 valence electrons. The number of hydrogen-bond acceptors (Lipinski definition) is 4. The molecule has 1 N–H and O–H groups in total. The first-order chi connectivity index (χ1) is 8.04. The molecule has 0 aliphatic rings. The number of aromatic nitrogens is 1. The van der Waals surface area contributed by atoms with E-state index in [4.69, 9.17) is 4.74 Å². The van der Waals surface area contributed by atoms with Gasteiger partial charge in [0, 0.05) is 5.56 Å². The van der Waals surface area contributed by atoms with Crippen molar-refractivity contribution in [1.29, 1.82) is 0 Å². The van der Waals surface area contributed by atoms with E-state index in [-0.39, 0.29) is 5.88 Å². The first kappa shape index (κ1) is 11.9. The SMILES string of the molecule is COc1cc(C)c(-c2nc(O)cs2)c(C)c1C. The number of methoxy groups -OCH3 is 1. The van der Waals surface area contributed by atoms with Gasteiger partial charge < -0.3 is 9.84 Å². The van der Waals surface area contributed by atoms with E-state index >= 15 is 0 Å². The Balaban J connectivity index is 2.66. The average molecular weight is 249 g/mol. The van der Waals surface area contributed by atoms with Gasteiger partial charge in [0.05, 0.1) is 12.5 Å². The van der Waals surface area contributed by atoms with E-state index in [1.807, 2.05) is 19.9 Å². The van der Waals surface area contributed by atoms with Gasteiger partial charge in [0.2, 0.25) is 5.88 Å². The van der Waals surface area contributed by atoms with Crippen molar-refractivity contribution < 1.29 is 9.84 Å². The summed E-state index contributed by atoms with van der Waals surface area (Å²) in [4.78, 5) is 4.13. The van der Waals surface area contributed by atoms with E-state index < -0.39 is 0 Å². The highest BCUT2D eigenvalue weighted by atomic mass is 32.1. The van der Waals surface area contributed by atoms with E-state index in [0.717, 1.165) is 33.0 Å². The molecule has 2 aromatic rings. The Hall–Kier alpha value is -1.55. The lowest BCUT2D eigenvalue weighted by molar-refractivity contribution is 0.411. The maximum absolute atomic E-state index is 9.34. The monoisotopic (exact) mass is 249 g/mol. The molecule has 1 heterocycles. The van der Waals surface area contributed by atoms with Crippen LogP contribution in [0, 0.1) is 20.8 Å². The van der Waals surface area contributed by atoms with Crippen LogP contribution in [0.4, 0.5) is 0 Å². The van der Waals surface area contributed by atoms with Crippen molar-refractivity contribution in [3.8, 4) is 22.2 Å². The topological polar surface area (TPSA) is 42.4 Å². The van der Waals surface area contributed by atoms with Gasteiger partial charge in [-0.1, -0.05) is 0 Å². The number of rotatable bonds is 2. The molecule has 3 nitrogen and oxygen atoms in total. The van der Waals surface area contributed by atoms with Crippen LogP contribution in [-0.4, -0.2) is 17.2 Å². The zero-order valence-electron chi connectivity index (χ0n) is 10.4. The van der Waals surface area contributed by atoms with Gasteiger partial charge in [-0.15, -0.1) is 11.3 Å². The summed E-state index contributed by atoms with van der Waals surface area (Å²) >= 11 is 1.45. The van der Waals surface area contributed by atoms with Crippen molar-refractivity contribution in [3.05, 3.63) is 28.1 Å². The third-order valence-electron chi connectivity index (χ3n) is 2.97. The summed E-state index contributed by atoms with van der Waals surface area (Å²) in [5.41, 5.74) is 4.46. The Morgan fingerprint density at radius 2 is 1.94 bits per heavy atom. The molecule has 0 amide bonds. The quantitative estimate of drug-likeness (QED) is 0.886. The Bertz CT molecular complexity index is 561. The number of aryl methyl sites for hydroxylation is 1. The first-order valence-electron chi connectivity index (χ1n) is 5.34. The summed E-state index contributed by atoms with van der Waals surface area (Å²) in [5.74, 6) is 0.974. The molecule has 1 aromatic heterocycles. The molecule has 0 radical (unpaired) electrons. The third-order valence-corrected chi connectivity index (χ3v) is 3.82. The molecular weight excluding hydrogens is 234 g/mol. The van der Waals surface area contributed by atoms with Crippen LogP contribution in [0.3, 0.4) is 0 Å². The van der Waals surface area contributed by atoms with E-state index in [1.54, 1.807) is 12.5 Å². The standard InChI is InChI=1S/C13H15NO2S/c1-7-5-10(16-4)8(2)9(3)12(7)13-14-11(15)6-17-13/h5-6,15H,1-4H3. The summed E-state index contributed by atoms with van der Waals surface area (Å²) in [6.45, 7) is 6.12. The lowest BCUT2D eigenvalue weighted by atomic mass is 9.98. The largest absolute Gasteiger partial charge is 0.496 e. The highest BCUT2D eigenvalue weighted by Crippen LogP contribution is 2.36. The molecule has 0 atom stereocenters. The van der Waals surface area contributed by atoms with Crippen molar-refractivity contribution in [1.82, 2.24) is 4.98 Å². The Kier molecular flexibility index (Phi) is 3.07. The highest BCUT2D eigenvalue weighted by Gasteiger charge is 2.14. The zero-order valence-corrected chi connectivity index (χ0v) is 11.2. The lowest BCUT2D eigenvalue weighted by Gasteiger charge is -2.14. The Labute approximate surface area is 105 Å². The molecule has 0 aliphatic carbocycles. The second-order valence-electron chi connectivity index (χ2n) is 4.03. The number of benzene rings is 1. The summed E-state index contributed by atoms with van der Waals surface area (Å²) in [7, 11) is 1.68. The molecule has 0 saturated carbocycles. The minimum absolute atomic E-state index is 0.0808.